The number of nitro groups is 1. The second-order valence-electron chi connectivity index (χ2n) is 5.49. The van der Waals surface area contributed by atoms with Crippen LogP contribution in [0.15, 0.2) is 24.3 Å². The van der Waals surface area contributed by atoms with E-state index in [-0.39, 0.29) is 30.3 Å². The Kier molecular flexibility index (Phi) is 9.11. The molecule has 0 heterocycles. The van der Waals surface area contributed by atoms with Crippen LogP contribution in [0.5, 0.6) is 5.75 Å². The molecule has 1 rings (SSSR count). The molecular formula is C17H24N2O5. The van der Waals surface area contributed by atoms with Gasteiger partial charge in [-0.2, -0.15) is 0 Å². The van der Waals surface area contributed by atoms with E-state index in [4.69, 9.17) is 4.74 Å². The molecule has 0 spiro atoms. The number of nitrogens with one attached hydrogen (secondary N) is 1. The molecule has 0 atom stereocenters. The molecule has 1 N–H and O–H groups in total. The number of hydrogen-bond donors (Lipinski definition) is 1. The molecule has 0 aliphatic carbocycles. The van der Waals surface area contributed by atoms with Crippen molar-refractivity contribution in [3.8, 4) is 5.75 Å². The molecule has 24 heavy (non-hydrogen) atoms. The van der Waals surface area contributed by atoms with Crippen molar-refractivity contribution in [2.75, 3.05) is 6.54 Å². The predicted octanol–water partition coefficient (Wildman–Crippen LogP) is 3.37. The Morgan fingerprint density at radius 1 is 1.08 bits per heavy atom. The lowest BCUT2D eigenvalue weighted by Crippen LogP contribution is -2.26. The Morgan fingerprint density at radius 2 is 1.75 bits per heavy atom. The van der Waals surface area contributed by atoms with E-state index in [1.165, 1.54) is 37.1 Å². The number of esters is 1. The number of nitrogens with zero attached hydrogens (tertiary/aromatic N) is 1. The maximum atomic E-state index is 11.6. The van der Waals surface area contributed by atoms with E-state index in [0.29, 0.717) is 6.42 Å². The molecular weight excluding hydrogens is 312 g/mol. The third kappa shape index (κ3) is 8.26. The predicted molar refractivity (Wildman–Crippen MR) is 89.7 cm³/mol. The van der Waals surface area contributed by atoms with Crippen LogP contribution in [0.3, 0.4) is 0 Å². The SMILES string of the molecule is CCCCCCCC(=O)NCCC(=O)Oc1ccc([N+](=O)[O-])cc1. The second-order valence-corrected chi connectivity index (χ2v) is 5.49. The van der Waals surface area contributed by atoms with E-state index in [2.05, 4.69) is 12.2 Å². The van der Waals surface area contributed by atoms with Crippen LogP contribution in [0.4, 0.5) is 5.69 Å². The van der Waals surface area contributed by atoms with Crippen LogP contribution < -0.4 is 10.1 Å². The number of nitro benzene ring substituents is 1. The first-order valence-corrected chi connectivity index (χ1v) is 8.24. The first-order valence-electron chi connectivity index (χ1n) is 8.24. The number of rotatable bonds is 11. The highest BCUT2D eigenvalue weighted by atomic mass is 16.6. The van der Waals surface area contributed by atoms with Gasteiger partial charge in [0.15, 0.2) is 0 Å². The number of unbranched alkanes of at least 4 members (excludes halogenated alkanes) is 4. The minimum absolute atomic E-state index is 0.0541. The van der Waals surface area contributed by atoms with Crippen molar-refractivity contribution in [3.05, 3.63) is 34.4 Å². The topological polar surface area (TPSA) is 98.5 Å². The van der Waals surface area contributed by atoms with Crippen molar-refractivity contribution < 1.29 is 19.2 Å². The van der Waals surface area contributed by atoms with Crippen LogP contribution in [-0.4, -0.2) is 23.3 Å². The van der Waals surface area contributed by atoms with E-state index in [9.17, 15) is 19.7 Å². The molecule has 0 aliphatic rings. The van der Waals surface area contributed by atoms with Gasteiger partial charge in [0, 0.05) is 25.1 Å². The summed E-state index contributed by atoms with van der Waals surface area (Å²) < 4.78 is 5.04. The smallest absolute Gasteiger partial charge is 0.312 e. The lowest BCUT2D eigenvalue weighted by atomic mass is 10.1. The average molecular weight is 336 g/mol. The number of carbonyl (C=O) groups is 2. The first kappa shape index (κ1) is 19.6. The summed E-state index contributed by atoms with van der Waals surface area (Å²) in [5, 5.41) is 13.2. The molecule has 0 unspecified atom stereocenters. The zero-order valence-electron chi connectivity index (χ0n) is 14.0. The average Bonchev–Trinajstić information content (AvgIpc) is 2.55. The fourth-order valence-electron chi connectivity index (χ4n) is 2.10. The maximum Gasteiger partial charge on any atom is 0.312 e. The van der Waals surface area contributed by atoms with E-state index < -0.39 is 10.9 Å². The summed E-state index contributed by atoms with van der Waals surface area (Å²) in [5.41, 5.74) is -0.0685. The summed E-state index contributed by atoms with van der Waals surface area (Å²) in [6.07, 6.45) is 5.94. The summed E-state index contributed by atoms with van der Waals surface area (Å²) in [7, 11) is 0. The van der Waals surface area contributed by atoms with Gasteiger partial charge in [-0.1, -0.05) is 32.6 Å². The number of ether oxygens (including phenoxy) is 1. The second kappa shape index (κ2) is 11.2. The minimum atomic E-state index is -0.524. The van der Waals surface area contributed by atoms with Crippen LogP contribution in [0.2, 0.25) is 0 Å². The van der Waals surface area contributed by atoms with Gasteiger partial charge in [0.25, 0.3) is 5.69 Å². The van der Waals surface area contributed by atoms with Gasteiger partial charge in [-0.25, -0.2) is 0 Å². The lowest BCUT2D eigenvalue weighted by Gasteiger charge is -2.06. The Balaban J connectivity index is 2.17. The van der Waals surface area contributed by atoms with Crippen molar-refractivity contribution in [1.82, 2.24) is 5.32 Å². The van der Waals surface area contributed by atoms with Gasteiger partial charge in [0.05, 0.1) is 11.3 Å². The van der Waals surface area contributed by atoms with Gasteiger partial charge >= 0.3 is 5.97 Å². The quantitative estimate of drug-likeness (QED) is 0.220. The Bertz CT molecular complexity index is 542. The van der Waals surface area contributed by atoms with Gasteiger partial charge < -0.3 is 10.1 Å². The molecule has 0 saturated heterocycles. The first-order chi connectivity index (χ1) is 11.5. The van der Waals surface area contributed by atoms with E-state index in [1.54, 1.807) is 0 Å². The van der Waals surface area contributed by atoms with E-state index >= 15 is 0 Å². The highest BCUT2D eigenvalue weighted by molar-refractivity contribution is 5.77. The van der Waals surface area contributed by atoms with Crippen LogP contribution in [0.1, 0.15) is 51.9 Å². The van der Waals surface area contributed by atoms with E-state index in [0.717, 1.165) is 19.3 Å². The summed E-state index contributed by atoms with van der Waals surface area (Å²) in [4.78, 5) is 33.2. The molecule has 1 aromatic rings. The van der Waals surface area contributed by atoms with Crippen molar-refractivity contribution in [3.63, 3.8) is 0 Å². The molecule has 0 aliphatic heterocycles. The molecule has 0 fully saturated rings. The fraction of sp³-hybridized carbons (Fsp3) is 0.529. The Labute approximate surface area is 141 Å². The Hall–Kier alpha value is -2.44. The lowest BCUT2D eigenvalue weighted by molar-refractivity contribution is -0.384. The summed E-state index contributed by atoms with van der Waals surface area (Å²) in [6, 6.07) is 5.27. The summed E-state index contributed by atoms with van der Waals surface area (Å²) in [6.45, 7) is 2.36. The number of carbonyl (C=O) groups excluding carboxylic acids is 2. The zero-order chi connectivity index (χ0) is 17.8. The molecule has 7 heteroatoms. The molecule has 132 valence electrons. The molecule has 7 nitrogen and oxygen atoms in total. The monoisotopic (exact) mass is 336 g/mol. The third-order valence-corrected chi connectivity index (χ3v) is 3.44. The fourth-order valence-corrected chi connectivity index (χ4v) is 2.10. The number of benzene rings is 1. The van der Waals surface area contributed by atoms with E-state index in [1.807, 2.05) is 0 Å². The summed E-state index contributed by atoms with van der Waals surface area (Å²) >= 11 is 0. The maximum absolute atomic E-state index is 11.6. The van der Waals surface area contributed by atoms with Gasteiger partial charge in [0.2, 0.25) is 5.91 Å². The van der Waals surface area contributed by atoms with Crippen LogP contribution in [0.25, 0.3) is 0 Å². The van der Waals surface area contributed by atoms with Gasteiger partial charge in [-0.05, 0) is 18.6 Å². The molecule has 1 aromatic carbocycles. The molecule has 0 radical (unpaired) electrons. The van der Waals surface area contributed by atoms with Crippen LogP contribution in [-0.2, 0) is 9.59 Å². The molecule has 0 aromatic heterocycles. The van der Waals surface area contributed by atoms with Crippen molar-refractivity contribution in [2.45, 2.75) is 51.9 Å². The van der Waals surface area contributed by atoms with Crippen LogP contribution >= 0.6 is 0 Å². The standard InChI is InChI=1S/C17H24N2O5/c1-2-3-4-5-6-7-16(20)18-13-12-17(21)24-15-10-8-14(9-11-15)19(22)23/h8-11H,2-7,12-13H2,1H3,(H,18,20). The number of non-ortho nitro benzene ring substituents is 1. The number of amides is 1. The minimum Gasteiger partial charge on any atom is -0.426 e. The zero-order valence-corrected chi connectivity index (χ0v) is 14.0. The van der Waals surface area contributed by atoms with Crippen molar-refractivity contribution in [1.29, 1.82) is 0 Å². The van der Waals surface area contributed by atoms with Gasteiger partial charge in [0.1, 0.15) is 5.75 Å². The summed E-state index contributed by atoms with van der Waals surface area (Å²) in [5.74, 6) is -0.311. The molecule has 0 bridgehead atoms. The van der Waals surface area contributed by atoms with Crippen LogP contribution in [0, 0.1) is 10.1 Å². The van der Waals surface area contributed by atoms with Gasteiger partial charge in [-0.15, -0.1) is 0 Å². The van der Waals surface area contributed by atoms with Crippen molar-refractivity contribution in [2.24, 2.45) is 0 Å². The molecule has 1 amide bonds. The highest BCUT2D eigenvalue weighted by Gasteiger charge is 2.09. The van der Waals surface area contributed by atoms with Gasteiger partial charge in [-0.3, -0.25) is 19.7 Å². The molecule has 0 saturated carbocycles. The largest absolute Gasteiger partial charge is 0.426 e. The third-order valence-electron chi connectivity index (χ3n) is 3.44. The Morgan fingerprint density at radius 3 is 2.38 bits per heavy atom. The normalized spacial score (nSPS) is 10.2. The van der Waals surface area contributed by atoms with Crippen molar-refractivity contribution >= 4 is 17.6 Å². The number of hydrogen-bond acceptors (Lipinski definition) is 5. The highest BCUT2D eigenvalue weighted by Crippen LogP contribution is 2.17.